The molecule has 0 saturated heterocycles. The van der Waals surface area contributed by atoms with E-state index in [0.29, 0.717) is 17.9 Å². The smallest absolute Gasteiger partial charge is 0.305 e. The summed E-state index contributed by atoms with van der Waals surface area (Å²) in [5.74, 6) is -0.538. The topological polar surface area (TPSA) is 116 Å². The van der Waals surface area contributed by atoms with E-state index in [9.17, 15) is 9.59 Å². The van der Waals surface area contributed by atoms with Gasteiger partial charge in [-0.05, 0) is 43.6 Å². The molecular weight excluding hydrogens is 342 g/mol. The summed E-state index contributed by atoms with van der Waals surface area (Å²) in [7, 11) is 0. The molecule has 0 bridgehead atoms. The second-order valence-electron chi connectivity index (χ2n) is 7.49. The van der Waals surface area contributed by atoms with Gasteiger partial charge in [0.05, 0.1) is 6.42 Å². The molecule has 1 saturated carbocycles. The maximum Gasteiger partial charge on any atom is 0.305 e. The van der Waals surface area contributed by atoms with Crippen LogP contribution in [-0.2, 0) is 16.0 Å². The third-order valence-corrected chi connectivity index (χ3v) is 5.34. The Hall–Kier alpha value is -2.37. The molecular formula is C21H31N3O3. The molecule has 1 fully saturated rings. The van der Waals surface area contributed by atoms with Gasteiger partial charge in [-0.2, -0.15) is 0 Å². The lowest BCUT2D eigenvalue weighted by Gasteiger charge is -2.30. The average Bonchev–Trinajstić information content (AvgIpc) is 2.65. The highest BCUT2D eigenvalue weighted by molar-refractivity contribution is 5.94. The van der Waals surface area contributed by atoms with E-state index >= 15 is 0 Å². The lowest BCUT2D eigenvalue weighted by Crippen LogP contribution is -2.42. The zero-order chi connectivity index (χ0) is 19.6. The minimum atomic E-state index is -0.847. The summed E-state index contributed by atoms with van der Waals surface area (Å²) in [6.45, 7) is 0. The number of nitrogen functional groups attached to an aromatic ring is 1. The molecule has 1 atom stereocenters. The molecule has 0 aromatic heterocycles. The Balaban J connectivity index is 1.73. The largest absolute Gasteiger partial charge is 0.481 e. The Morgan fingerprint density at radius 1 is 1.15 bits per heavy atom. The number of hydrogen-bond donors (Lipinski definition) is 4. The van der Waals surface area contributed by atoms with Crippen molar-refractivity contribution in [1.29, 1.82) is 5.41 Å². The molecule has 0 heterocycles. The number of unbranched alkanes of at least 4 members (excludes halogenated alkanes) is 1. The molecule has 1 aromatic rings. The van der Waals surface area contributed by atoms with Crippen molar-refractivity contribution in [3.63, 3.8) is 0 Å². The Morgan fingerprint density at radius 2 is 1.81 bits per heavy atom. The fourth-order valence-electron chi connectivity index (χ4n) is 3.80. The third-order valence-electron chi connectivity index (χ3n) is 5.34. The molecule has 1 aliphatic carbocycles. The van der Waals surface area contributed by atoms with Crippen LogP contribution in [0.25, 0.3) is 0 Å². The summed E-state index contributed by atoms with van der Waals surface area (Å²) in [4.78, 5) is 23.4. The van der Waals surface area contributed by atoms with E-state index < -0.39 is 5.97 Å². The molecule has 2 rings (SSSR count). The number of carboxylic acids is 1. The summed E-state index contributed by atoms with van der Waals surface area (Å²) >= 11 is 0. The van der Waals surface area contributed by atoms with Gasteiger partial charge in [0.1, 0.15) is 5.84 Å². The zero-order valence-corrected chi connectivity index (χ0v) is 15.9. The molecule has 6 heteroatoms. The van der Waals surface area contributed by atoms with Crippen molar-refractivity contribution in [2.24, 2.45) is 11.7 Å². The molecule has 27 heavy (non-hydrogen) atoms. The van der Waals surface area contributed by atoms with Crippen LogP contribution in [0.2, 0.25) is 0 Å². The van der Waals surface area contributed by atoms with E-state index in [1.165, 1.54) is 6.42 Å². The quantitative estimate of drug-likeness (QED) is 0.286. The minimum absolute atomic E-state index is 0.0128. The van der Waals surface area contributed by atoms with Crippen LogP contribution in [0.15, 0.2) is 24.3 Å². The first-order chi connectivity index (χ1) is 13.0. The van der Waals surface area contributed by atoms with Gasteiger partial charge in [-0.3, -0.25) is 15.0 Å². The number of nitrogens with two attached hydrogens (primary N) is 1. The highest BCUT2D eigenvalue weighted by atomic mass is 16.4. The van der Waals surface area contributed by atoms with Crippen LogP contribution in [0.5, 0.6) is 0 Å². The predicted octanol–water partition coefficient (Wildman–Crippen LogP) is 3.22. The monoisotopic (exact) mass is 373 g/mol. The van der Waals surface area contributed by atoms with Crippen LogP contribution in [-0.4, -0.2) is 28.9 Å². The Bertz CT molecular complexity index is 637. The van der Waals surface area contributed by atoms with Crippen LogP contribution >= 0.6 is 0 Å². The molecule has 1 aromatic carbocycles. The molecule has 6 nitrogen and oxygen atoms in total. The molecule has 0 radical (unpaired) electrons. The highest BCUT2D eigenvalue weighted by Gasteiger charge is 2.26. The molecule has 0 aliphatic heterocycles. The molecule has 1 aliphatic rings. The normalized spacial score (nSPS) is 15.9. The maximum atomic E-state index is 12.3. The van der Waals surface area contributed by atoms with E-state index in [1.807, 2.05) is 24.3 Å². The van der Waals surface area contributed by atoms with Crippen LogP contribution in [0, 0.1) is 11.3 Å². The number of aryl methyl sites for hydroxylation is 1. The Kier molecular flexibility index (Phi) is 8.30. The Morgan fingerprint density at radius 3 is 2.41 bits per heavy atom. The van der Waals surface area contributed by atoms with E-state index in [1.54, 1.807) is 0 Å². The van der Waals surface area contributed by atoms with E-state index in [4.69, 9.17) is 16.2 Å². The SMILES string of the molecule is N=C(N)c1ccc(CCCCC(=O)NC(CC(=O)O)C2CCCCC2)cc1. The number of carbonyl (C=O) groups is 2. The number of carboxylic acid groups (broad SMARTS) is 1. The van der Waals surface area contributed by atoms with Crippen molar-refractivity contribution in [3.05, 3.63) is 35.4 Å². The summed E-state index contributed by atoms with van der Waals surface area (Å²) in [6.07, 6.45) is 8.43. The zero-order valence-electron chi connectivity index (χ0n) is 15.9. The third kappa shape index (κ3) is 7.41. The van der Waals surface area contributed by atoms with E-state index in [-0.39, 0.29) is 24.2 Å². The van der Waals surface area contributed by atoms with Crippen LogP contribution in [0.4, 0.5) is 0 Å². The summed E-state index contributed by atoms with van der Waals surface area (Å²) in [5.41, 5.74) is 7.32. The van der Waals surface area contributed by atoms with Crippen molar-refractivity contribution < 1.29 is 14.7 Å². The van der Waals surface area contributed by atoms with Crippen LogP contribution in [0.3, 0.4) is 0 Å². The lowest BCUT2D eigenvalue weighted by molar-refractivity contribution is -0.138. The van der Waals surface area contributed by atoms with E-state index in [0.717, 1.165) is 50.5 Å². The number of aliphatic carboxylic acids is 1. The first-order valence-corrected chi connectivity index (χ1v) is 9.90. The number of rotatable bonds is 10. The minimum Gasteiger partial charge on any atom is -0.481 e. The summed E-state index contributed by atoms with van der Waals surface area (Å²) in [5, 5.41) is 19.5. The van der Waals surface area contributed by atoms with Gasteiger partial charge >= 0.3 is 5.97 Å². The first kappa shape index (κ1) is 20.9. The van der Waals surface area contributed by atoms with Crippen molar-refractivity contribution in [2.75, 3.05) is 0 Å². The summed E-state index contributed by atoms with van der Waals surface area (Å²) < 4.78 is 0. The van der Waals surface area contributed by atoms with Gasteiger partial charge in [0.15, 0.2) is 0 Å². The standard InChI is InChI=1S/C21H31N3O3/c22-21(23)17-12-10-15(11-13-17)6-4-5-9-19(25)24-18(14-20(26)27)16-7-2-1-3-8-16/h10-13,16,18H,1-9,14H2,(H3,22,23)(H,24,25)(H,26,27). The van der Waals surface area contributed by atoms with Crippen molar-refractivity contribution in [2.45, 2.75) is 70.3 Å². The number of hydrogen-bond acceptors (Lipinski definition) is 3. The van der Waals surface area contributed by atoms with Crippen LogP contribution < -0.4 is 11.1 Å². The van der Waals surface area contributed by atoms with Crippen LogP contribution in [0.1, 0.15) is 68.9 Å². The van der Waals surface area contributed by atoms with Crippen molar-refractivity contribution in [1.82, 2.24) is 5.32 Å². The van der Waals surface area contributed by atoms with Gasteiger partial charge in [0.25, 0.3) is 0 Å². The molecule has 148 valence electrons. The fourth-order valence-corrected chi connectivity index (χ4v) is 3.80. The molecule has 0 spiro atoms. The van der Waals surface area contributed by atoms with Gasteiger partial charge in [-0.25, -0.2) is 0 Å². The van der Waals surface area contributed by atoms with Gasteiger partial charge in [0, 0.05) is 18.0 Å². The molecule has 5 N–H and O–H groups in total. The maximum absolute atomic E-state index is 12.3. The number of carbonyl (C=O) groups excluding carboxylic acids is 1. The van der Waals surface area contributed by atoms with Crippen molar-refractivity contribution in [3.8, 4) is 0 Å². The second kappa shape index (κ2) is 10.7. The average molecular weight is 373 g/mol. The number of nitrogens with one attached hydrogen (secondary N) is 2. The highest BCUT2D eigenvalue weighted by Crippen LogP contribution is 2.28. The van der Waals surface area contributed by atoms with Gasteiger partial charge in [0.2, 0.25) is 5.91 Å². The van der Waals surface area contributed by atoms with Gasteiger partial charge in [-0.1, -0.05) is 43.5 Å². The predicted molar refractivity (Wildman–Crippen MR) is 106 cm³/mol. The number of benzene rings is 1. The van der Waals surface area contributed by atoms with Gasteiger partial charge < -0.3 is 16.2 Å². The molecule has 1 amide bonds. The van der Waals surface area contributed by atoms with Gasteiger partial charge in [-0.15, -0.1) is 0 Å². The van der Waals surface area contributed by atoms with E-state index in [2.05, 4.69) is 5.32 Å². The molecule has 1 unspecified atom stereocenters. The number of amidine groups is 1. The summed E-state index contributed by atoms with van der Waals surface area (Å²) in [6, 6.07) is 7.36. The number of amides is 1. The van der Waals surface area contributed by atoms with Crippen molar-refractivity contribution >= 4 is 17.7 Å². The second-order valence-corrected chi connectivity index (χ2v) is 7.49. The fraction of sp³-hybridized carbons (Fsp3) is 0.571. The lowest BCUT2D eigenvalue weighted by atomic mass is 9.82. The first-order valence-electron chi connectivity index (χ1n) is 9.90. The Labute approximate surface area is 161 Å².